The van der Waals surface area contributed by atoms with E-state index in [1.807, 2.05) is 0 Å². The first kappa shape index (κ1) is 25.3. The van der Waals surface area contributed by atoms with Crippen LogP contribution in [0.25, 0.3) is 0 Å². The predicted octanol–water partition coefficient (Wildman–Crippen LogP) is -0.300. The van der Waals surface area contributed by atoms with E-state index in [0.29, 0.717) is 32.7 Å². The van der Waals surface area contributed by atoms with Gasteiger partial charge < -0.3 is 35.3 Å². The van der Waals surface area contributed by atoms with Crippen LogP contribution >= 0.6 is 0 Å². The second kappa shape index (κ2) is 15.1. The van der Waals surface area contributed by atoms with Crippen LogP contribution in [-0.4, -0.2) is 120 Å². The Morgan fingerprint density at radius 2 is 1.00 bits per heavy atom. The SMILES string of the molecule is O=C(O)CCN1CCCN(CCC(=O)O)CCN(CCC(=O)O)CCCNCC1. The molecule has 0 spiro atoms. The molecule has 0 unspecified atom stereocenters. The van der Waals surface area contributed by atoms with Gasteiger partial charge in [-0.25, -0.2) is 0 Å². The number of nitrogens with one attached hydrogen (secondary N) is 1. The van der Waals surface area contributed by atoms with Gasteiger partial charge in [-0.15, -0.1) is 0 Å². The average Bonchev–Trinajstić information content (AvgIpc) is 2.65. The molecule has 1 aliphatic rings. The van der Waals surface area contributed by atoms with E-state index in [0.717, 1.165) is 52.1 Å². The van der Waals surface area contributed by atoms with Crippen LogP contribution in [0.3, 0.4) is 0 Å². The zero-order valence-electron chi connectivity index (χ0n) is 17.2. The zero-order valence-corrected chi connectivity index (χ0v) is 17.2. The van der Waals surface area contributed by atoms with Gasteiger partial charge in [0.2, 0.25) is 0 Å². The lowest BCUT2D eigenvalue weighted by atomic mass is 10.2. The molecule has 0 bridgehead atoms. The molecule has 1 heterocycles. The van der Waals surface area contributed by atoms with Crippen LogP contribution in [0, 0.1) is 0 Å². The lowest BCUT2D eigenvalue weighted by molar-refractivity contribution is -0.138. The summed E-state index contributed by atoms with van der Waals surface area (Å²) in [6.07, 6.45) is 2.00. The van der Waals surface area contributed by atoms with Crippen LogP contribution in [0.1, 0.15) is 32.1 Å². The molecule has 0 aliphatic carbocycles. The van der Waals surface area contributed by atoms with Gasteiger partial charge in [0.1, 0.15) is 0 Å². The van der Waals surface area contributed by atoms with Gasteiger partial charge in [0.05, 0.1) is 19.3 Å². The predicted molar refractivity (Wildman–Crippen MR) is 108 cm³/mol. The Morgan fingerprint density at radius 3 is 1.45 bits per heavy atom. The van der Waals surface area contributed by atoms with E-state index in [-0.39, 0.29) is 19.3 Å². The number of carboxylic acids is 3. The molecular weight excluding hydrogens is 380 g/mol. The van der Waals surface area contributed by atoms with Crippen LogP contribution < -0.4 is 5.32 Å². The molecule has 0 aromatic rings. The average molecular weight is 417 g/mol. The molecule has 4 N–H and O–H groups in total. The third-order valence-corrected chi connectivity index (χ3v) is 5.04. The van der Waals surface area contributed by atoms with E-state index in [2.05, 4.69) is 20.0 Å². The Kier molecular flexibility index (Phi) is 13.2. The molecule has 10 heteroatoms. The van der Waals surface area contributed by atoms with Crippen molar-refractivity contribution >= 4 is 17.9 Å². The highest BCUT2D eigenvalue weighted by Gasteiger charge is 2.14. The molecule has 0 aromatic heterocycles. The van der Waals surface area contributed by atoms with Crippen LogP contribution in [0.15, 0.2) is 0 Å². The number of carboxylic acid groups (broad SMARTS) is 3. The highest BCUT2D eigenvalue weighted by Crippen LogP contribution is 2.02. The number of carbonyl (C=O) groups is 3. The van der Waals surface area contributed by atoms with Crippen molar-refractivity contribution in [3.8, 4) is 0 Å². The summed E-state index contributed by atoms with van der Waals surface area (Å²) in [4.78, 5) is 39.2. The van der Waals surface area contributed by atoms with Crippen LogP contribution in [0.4, 0.5) is 0 Å². The van der Waals surface area contributed by atoms with Gasteiger partial charge in [-0.2, -0.15) is 0 Å². The third kappa shape index (κ3) is 14.0. The molecule has 0 saturated carbocycles. The number of rotatable bonds is 9. The topological polar surface area (TPSA) is 134 Å². The van der Waals surface area contributed by atoms with E-state index in [4.69, 9.17) is 15.3 Å². The second-order valence-electron chi connectivity index (χ2n) is 7.41. The highest BCUT2D eigenvalue weighted by molar-refractivity contribution is 5.67. The fourth-order valence-corrected chi connectivity index (χ4v) is 3.36. The van der Waals surface area contributed by atoms with E-state index in [1.165, 1.54) is 0 Å². The Hall–Kier alpha value is -1.75. The summed E-state index contributed by atoms with van der Waals surface area (Å²) in [6.45, 7) is 7.50. The lowest BCUT2D eigenvalue weighted by Crippen LogP contribution is -2.41. The van der Waals surface area contributed by atoms with Gasteiger partial charge in [-0.3, -0.25) is 14.4 Å². The first-order valence-electron chi connectivity index (χ1n) is 10.4. The molecule has 0 radical (unpaired) electrons. The quantitative estimate of drug-likeness (QED) is 0.397. The van der Waals surface area contributed by atoms with Gasteiger partial charge in [-0.05, 0) is 39.0 Å². The maximum absolute atomic E-state index is 11.0. The van der Waals surface area contributed by atoms with E-state index in [1.54, 1.807) is 0 Å². The highest BCUT2D eigenvalue weighted by atomic mass is 16.4. The van der Waals surface area contributed by atoms with Gasteiger partial charge in [0.25, 0.3) is 0 Å². The van der Waals surface area contributed by atoms with Gasteiger partial charge >= 0.3 is 17.9 Å². The molecule has 1 fully saturated rings. The van der Waals surface area contributed by atoms with Gasteiger partial charge in [0, 0.05) is 45.8 Å². The lowest BCUT2D eigenvalue weighted by Gasteiger charge is -2.29. The first-order valence-corrected chi connectivity index (χ1v) is 10.4. The van der Waals surface area contributed by atoms with Gasteiger partial charge in [0.15, 0.2) is 0 Å². The molecule has 0 amide bonds. The van der Waals surface area contributed by atoms with Crippen molar-refractivity contribution in [3.05, 3.63) is 0 Å². The van der Waals surface area contributed by atoms with E-state index in [9.17, 15) is 14.4 Å². The van der Waals surface area contributed by atoms with Crippen molar-refractivity contribution in [2.24, 2.45) is 0 Å². The maximum atomic E-state index is 11.0. The second-order valence-corrected chi connectivity index (χ2v) is 7.41. The molecule has 1 saturated heterocycles. The van der Waals surface area contributed by atoms with Crippen molar-refractivity contribution in [1.29, 1.82) is 0 Å². The molecule has 1 rings (SSSR count). The number of hydrogen-bond acceptors (Lipinski definition) is 7. The van der Waals surface area contributed by atoms with Crippen LogP contribution in [0.5, 0.6) is 0 Å². The third-order valence-electron chi connectivity index (χ3n) is 5.04. The summed E-state index contributed by atoms with van der Waals surface area (Å²) in [5, 5.41) is 30.3. The zero-order chi connectivity index (χ0) is 21.5. The number of hydrogen-bond donors (Lipinski definition) is 4. The Labute approximate surface area is 172 Å². The molecule has 29 heavy (non-hydrogen) atoms. The van der Waals surface area contributed by atoms with E-state index >= 15 is 0 Å². The molecule has 10 nitrogen and oxygen atoms in total. The summed E-state index contributed by atoms with van der Waals surface area (Å²) in [5.74, 6) is -2.45. The molecule has 0 atom stereocenters. The van der Waals surface area contributed by atoms with Crippen molar-refractivity contribution in [2.75, 3.05) is 72.0 Å². The monoisotopic (exact) mass is 416 g/mol. The smallest absolute Gasteiger partial charge is 0.304 e. The van der Waals surface area contributed by atoms with Gasteiger partial charge in [-0.1, -0.05) is 0 Å². The Bertz CT molecular complexity index is 505. The molecule has 1 aliphatic heterocycles. The normalized spacial score (nSPS) is 19.4. The summed E-state index contributed by atoms with van der Waals surface area (Å²) in [6, 6.07) is 0. The van der Waals surface area contributed by atoms with Crippen molar-refractivity contribution in [3.63, 3.8) is 0 Å². The van der Waals surface area contributed by atoms with Crippen molar-refractivity contribution in [2.45, 2.75) is 32.1 Å². The Balaban J connectivity index is 2.65. The standard InChI is InChI=1S/C19H36N4O6/c24-17(25)3-11-21-9-2-10-23(13-5-19(28)29)16-15-22(12-4-18(26)27)8-1-6-20-7-14-21/h20H,1-16H2,(H,24,25)(H,26,27)(H,28,29). The summed E-state index contributed by atoms with van der Waals surface area (Å²) in [7, 11) is 0. The summed E-state index contributed by atoms with van der Waals surface area (Å²) < 4.78 is 0. The fourth-order valence-electron chi connectivity index (χ4n) is 3.36. The van der Waals surface area contributed by atoms with Crippen LogP contribution in [-0.2, 0) is 14.4 Å². The van der Waals surface area contributed by atoms with E-state index < -0.39 is 17.9 Å². The Morgan fingerprint density at radius 1 is 0.586 bits per heavy atom. The molecular formula is C19H36N4O6. The van der Waals surface area contributed by atoms with Crippen molar-refractivity contribution < 1.29 is 29.7 Å². The van der Waals surface area contributed by atoms with Crippen LogP contribution in [0.2, 0.25) is 0 Å². The van der Waals surface area contributed by atoms with Crippen molar-refractivity contribution in [1.82, 2.24) is 20.0 Å². The maximum Gasteiger partial charge on any atom is 0.304 e. The fraction of sp³-hybridized carbons (Fsp3) is 0.842. The molecule has 168 valence electrons. The largest absolute Gasteiger partial charge is 0.481 e. The number of aliphatic carboxylic acids is 3. The minimum atomic E-state index is -0.832. The first-order chi connectivity index (χ1) is 13.9. The minimum Gasteiger partial charge on any atom is -0.481 e. The minimum absolute atomic E-state index is 0.0712. The number of nitrogens with zero attached hydrogens (tertiary/aromatic N) is 3. The summed E-state index contributed by atoms with van der Waals surface area (Å²) in [5.41, 5.74) is 0. The summed E-state index contributed by atoms with van der Waals surface area (Å²) >= 11 is 0. The molecule has 0 aromatic carbocycles.